The molecule has 2 rings (SSSR count). The smallest absolute Gasteiger partial charge is 0.285 e. The van der Waals surface area contributed by atoms with Crippen molar-refractivity contribution in [3.05, 3.63) is 22.8 Å². The van der Waals surface area contributed by atoms with Crippen LogP contribution in [0, 0.1) is 0 Å². The first kappa shape index (κ1) is 11.8. The van der Waals surface area contributed by atoms with E-state index < -0.39 is 18.0 Å². The summed E-state index contributed by atoms with van der Waals surface area (Å²) in [6, 6.07) is 3.19. The SMILES string of the molecule is O=C(Nc1nc2ccc(Br)cn2n1)C(F)(F)F. The summed E-state index contributed by atoms with van der Waals surface area (Å²) in [5.74, 6) is -2.50. The number of fused-ring (bicyclic) bond motifs is 1. The van der Waals surface area contributed by atoms with Crippen molar-refractivity contribution < 1.29 is 18.0 Å². The summed E-state index contributed by atoms with van der Waals surface area (Å²) in [7, 11) is 0. The highest BCUT2D eigenvalue weighted by molar-refractivity contribution is 9.10. The topological polar surface area (TPSA) is 59.3 Å². The molecule has 0 saturated heterocycles. The van der Waals surface area contributed by atoms with Crippen molar-refractivity contribution >= 4 is 33.4 Å². The van der Waals surface area contributed by atoms with Crippen molar-refractivity contribution in [2.75, 3.05) is 5.32 Å². The quantitative estimate of drug-likeness (QED) is 0.876. The molecule has 0 atom stereocenters. The molecule has 0 unspecified atom stereocenters. The van der Waals surface area contributed by atoms with Crippen LogP contribution in [0.1, 0.15) is 0 Å². The number of amides is 1. The van der Waals surface area contributed by atoms with Crippen LogP contribution in [-0.2, 0) is 4.79 Å². The van der Waals surface area contributed by atoms with Gasteiger partial charge in [0.05, 0.1) is 0 Å². The van der Waals surface area contributed by atoms with Gasteiger partial charge in [0.15, 0.2) is 5.65 Å². The Bertz CT molecular complexity index is 580. The molecule has 90 valence electrons. The van der Waals surface area contributed by atoms with Gasteiger partial charge < -0.3 is 0 Å². The van der Waals surface area contributed by atoms with E-state index >= 15 is 0 Å². The van der Waals surface area contributed by atoms with Crippen LogP contribution in [0.25, 0.3) is 5.65 Å². The predicted octanol–water partition coefficient (Wildman–Crippen LogP) is 1.99. The van der Waals surface area contributed by atoms with E-state index in [1.807, 2.05) is 0 Å². The molecule has 9 heteroatoms. The van der Waals surface area contributed by atoms with Gasteiger partial charge in [-0.2, -0.15) is 18.2 Å². The number of hydrogen-bond donors (Lipinski definition) is 1. The van der Waals surface area contributed by atoms with Gasteiger partial charge in [-0.3, -0.25) is 10.1 Å². The van der Waals surface area contributed by atoms with Gasteiger partial charge in [-0.1, -0.05) is 0 Å². The Morgan fingerprint density at radius 3 is 2.76 bits per heavy atom. The number of carbonyl (C=O) groups is 1. The molecule has 0 aliphatic heterocycles. The van der Waals surface area contributed by atoms with E-state index in [4.69, 9.17) is 0 Å². The fraction of sp³-hybridized carbons (Fsp3) is 0.125. The first-order valence-corrected chi connectivity index (χ1v) is 5.06. The zero-order chi connectivity index (χ0) is 12.6. The molecular weight excluding hydrogens is 305 g/mol. The van der Waals surface area contributed by atoms with E-state index in [0.717, 1.165) is 0 Å². The molecule has 2 aromatic heterocycles. The van der Waals surface area contributed by atoms with Gasteiger partial charge in [0, 0.05) is 10.7 Å². The lowest BCUT2D eigenvalue weighted by Crippen LogP contribution is -2.30. The third kappa shape index (κ3) is 2.54. The number of pyridine rings is 1. The van der Waals surface area contributed by atoms with Gasteiger partial charge in [-0.15, -0.1) is 5.10 Å². The summed E-state index contributed by atoms with van der Waals surface area (Å²) in [4.78, 5) is 14.3. The lowest BCUT2D eigenvalue weighted by Gasteiger charge is -2.03. The van der Waals surface area contributed by atoms with Gasteiger partial charge in [-0.25, -0.2) is 4.52 Å². The number of rotatable bonds is 1. The van der Waals surface area contributed by atoms with E-state index in [9.17, 15) is 18.0 Å². The van der Waals surface area contributed by atoms with Crippen LogP contribution in [-0.4, -0.2) is 26.7 Å². The molecule has 0 aliphatic carbocycles. The van der Waals surface area contributed by atoms with Crippen molar-refractivity contribution in [2.45, 2.75) is 6.18 Å². The first-order valence-electron chi connectivity index (χ1n) is 4.26. The summed E-state index contributed by atoms with van der Waals surface area (Å²) in [6.45, 7) is 0. The normalized spacial score (nSPS) is 11.8. The van der Waals surface area contributed by atoms with E-state index in [2.05, 4.69) is 26.0 Å². The molecular formula is C8H4BrF3N4O. The maximum Gasteiger partial charge on any atom is 0.471 e. The third-order valence-corrected chi connectivity index (χ3v) is 2.25. The average Bonchev–Trinajstić information content (AvgIpc) is 2.57. The largest absolute Gasteiger partial charge is 0.471 e. The first-order chi connectivity index (χ1) is 7.86. The molecule has 0 saturated carbocycles. The minimum absolute atomic E-state index is 0.325. The second-order valence-corrected chi connectivity index (χ2v) is 3.95. The number of halogens is 4. The number of aromatic nitrogens is 3. The summed E-state index contributed by atoms with van der Waals surface area (Å²) in [6.07, 6.45) is -3.45. The zero-order valence-electron chi connectivity index (χ0n) is 7.99. The fourth-order valence-corrected chi connectivity index (χ4v) is 1.41. The lowest BCUT2D eigenvalue weighted by atomic mass is 10.5. The Kier molecular flexibility index (Phi) is 2.77. The van der Waals surface area contributed by atoms with E-state index in [1.54, 1.807) is 17.4 Å². The molecule has 0 spiro atoms. The van der Waals surface area contributed by atoms with Crippen molar-refractivity contribution in [1.82, 2.24) is 14.6 Å². The van der Waals surface area contributed by atoms with Crippen LogP contribution < -0.4 is 5.32 Å². The minimum Gasteiger partial charge on any atom is -0.285 e. The molecule has 0 aliphatic rings. The van der Waals surface area contributed by atoms with Crippen LogP contribution in [0.15, 0.2) is 22.8 Å². The van der Waals surface area contributed by atoms with Crippen molar-refractivity contribution in [3.8, 4) is 0 Å². The van der Waals surface area contributed by atoms with Crippen LogP contribution in [0.4, 0.5) is 19.1 Å². The molecule has 2 heterocycles. The minimum atomic E-state index is -4.96. The molecule has 0 aromatic carbocycles. The maximum absolute atomic E-state index is 12.0. The third-order valence-electron chi connectivity index (χ3n) is 1.78. The van der Waals surface area contributed by atoms with Gasteiger partial charge in [-0.05, 0) is 28.1 Å². The summed E-state index contributed by atoms with van der Waals surface area (Å²) < 4.78 is 37.8. The van der Waals surface area contributed by atoms with Gasteiger partial charge in [0.1, 0.15) is 0 Å². The summed E-state index contributed by atoms with van der Waals surface area (Å²) in [5.41, 5.74) is 0.325. The molecule has 0 bridgehead atoms. The summed E-state index contributed by atoms with van der Waals surface area (Å²) in [5, 5.41) is 5.24. The second kappa shape index (κ2) is 3.99. The molecule has 1 amide bonds. The second-order valence-electron chi connectivity index (χ2n) is 3.04. The average molecular weight is 309 g/mol. The molecule has 5 nitrogen and oxygen atoms in total. The van der Waals surface area contributed by atoms with Crippen molar-refractivity contribution in [2.24, 2.45) is 0 Å². The van der Waals surface area contributed by atoms with E-state index in [-0.39, 0.29) is 0 Å². The number of carbonyl (C=O) groups excluding carboxylic acids is 1. The van der Waals surface area contributed by atoms with E-state index in [0.29, 0.717) is 10.1 Å². The number of anilines is 1. The van der Waals surface area contributed by atoms with Gasteiger partial charge >= 0.3 is 12.1 Å². The Hall–Kier alpha value is -1.64. The Balaban J connectivity index is 2.29. The van der Waals surface area contributed by atoms with Crippen LogP contribution in [0.3, 0.4) is 0 Å². The molecule has 0 fully saturated rings. The number of alkyl halides is 3. The fourth-order valence-electron chi connectivity index (χ4n) is 1.08. The Labute approximate surface area is 101 Å². The molecule has 17 heavy (non-hydrogen) atoms. The van der Waals surface area contributed by atoms with Crippen molar-refractivity contribution in [3.63, 3.8) is 0 Å². The highest BCUT2D eigenvalue weighted by atomic mass is 79.9. The molecule has 1 N–H and O–H groups in total. The molecule has 0 radical (unpaired) electrons. The van der Waals surface area contributed by atoms with Crippen LogP contribution >= 0.6 is 15.9 Å². The van der Waals surface area contributed by atoms with Crippen LogP contribution in [0.2, 0.25) is 0 Å². The number of nitrogens with zero attached hydrogens (tertiary/aromatic N) is 3. The van der Waals surface area contributed by atoms with Crippen LogP contribution in [0.5, 0.6) is 0 Å². The Morgan fingerprint density at radius 1 is 1.41 bits per heavy atom. The predicted molar refractivity (Wildman–Crippen MR) is 55.4 cm³/mol. The van der Waals surface area contributed by atoms with E-state index in [1.165, 1.54) is 10.7 Å². The highest BCUT2D eigenvalue weighted by Gasteiger charge is 2.39. The lowest BCUT2D eigenvalue weighted by molar-refractivity contribution is -0.167. The maximum atomic E-state index is 12.0. The highest BCUT2D eigenvalue weighted by Crippen LogP contribution is 2.17. The summed E-state index contributed by atoms with van der Waals surface area (Å²) >= 11 is 3.17. The van der Waals surface area contributed by atoms with Gasteiger partial charge in [0.2, 0.25) is 5.95 Å². The Morgan fingerprint density at radius 2 is 2.12 bits per heavy atom. The number of nitrogens with one attached hydrogen (secondary N) is 1. The van der Waals surface area contributed by atoms with Crippen molar-refractivity contribution in [1.29, 1.82) is 0 Å². The standard InChI is InChI=1S/C8H4BrF3N4O/c9-4-1-2-5-13-7(15-16(5)3-4)14-6(17)8(10,11)12/h1-3H,(H,14,15,17). The zero-order valence-corrected chi connectivity index (χ0v) is 9.58. The molecule has 2 aromatic rings. The number of hydrogen-bond acceptors (Lipinski definition) is 3. The monoisotopic (exact) mass is 308 g/mol. The van der Waals surface area contributed by atoms with Gasteiger partial charge in [0.25, 0.3) is 0 Å².